The van der Waals surface area contributed by atoms with Crippen LogP contribution in [0.3, 0.4) is 0 Å². The van der Waals surface area contributed by atoms with Crippen molar-refractivity contribution in [3.8, 4) is 17.0 Å². The second-order valence-corrected chi connectivity index (χ2v) is 12.9. The molecule has 0 radical (unpaired) electrons. The number of fused-ring (bicyclic) bond motifs is 2. The van der Waals surface area contributed by atoms with Gasteiger partial charge in [-0.05, 0) is 42.8 Å². The van der Waals surface area contributed by atoms with E-state index < -0.39 is 0 Å². The Morgan fingerprint density at radius 2 is 1.95 bits per heavy atom. The summed E-state index contributed by atoms with van der Waals surface area (Å²) in [5.74, 6) is 0.894. The molecule has 0 amide bonds. The van der Waals surface area contributed by atoms with Crippen molar-refractivity contribution in [3.63, 3.8) is 0 Å². The highest BCUT2D eigenvalue weighted by Gasteiger charge is 2.25. The number of hydrogen-bond donors (Lipinski definition) is 2. The van der Waals surface area contributed by atoms with Crippen molar-refractivity contribution in [1.29, 1.82) is 0 Å². The number of anilines is 2. The lowest BCUT2D eigenvalue weighted by Crippen LogP contribution is -2.36. The number of H-pyrrole nitrogens is 1. The smallest absolute Gasteiger partial charge is 0.250 e. The van der Waals surface area contributed by atoms with Crippen LogP contribution in [0.15, 0.2) is 91.4 Å². The van der Waals surface area contributed by atoms with Crippen LogP contribution in [0.25, 0.3) is 11.3 Å². The average Bonchev–Trinajstić information content (AvgIpc) is 3.46. The van der Waals surface area contributed by atoms with Crippen molar-refractivity contribution < 1.29 is 9.47 Å². The van der Waals surface area contributed by atoms with Gasteiger partial charge in [-0.15, -0.1) is 0 Å². The van der Waals surface area contributed by atoms with E-state index in [1.807, 2.05) is 12.3 Å². The molecule has 0 spiro atoms. The number of rotatable bonds is 7. The summed E-state index contributed by atoms with van der Waals surface area (Å²) >= 11 is 3.57. The molecular formula is C32H33N5O3S2. The summed E-state index contributed by atoms with van der Waals surface area (Å²) in [6, 6.07) is 19.1. The number of nitrogens with one attached hydrogen (secondary N) is 2. The first-order chi connectivity index (χ1) is 20.6. The van der Waals surface area contributed by atoms with Gasteiger partial charge in [-0.25, -0.2) is 0 Å². The maximum atomic E-state index is 12.7. The van der Waals surface area contributed by atoms with Crippen LogP contribution in [0.2, 0.25) is 0 Å². The van der Waals surface area contributed by atoms with Gasteiger partial charge in [-0.1, -0.05) is 35.7 Å². The SMILES string of the molecule is COc1ccncc1CN1CCC(Nc2ccc3c(c2)Sc2cccc(-c4cc(N5CCOCC5)cc(=O)[nH]4)c2S3)C1. The first-order valence-electron chi connectivity index (χ1n) is 14.3. The highest BCUT2D eigenvalue weighted by atomic mass is 32.2. The molecule has 0 saturated carbocycles. The van der Waals surface area contributed by atoms with E-state index >= 15 is 0 Å². The Morgan fingerprint density at radius 1 is 1.05 bits per heavy atom. The number of aromatic nitrogens is 2. The molecule has 2 N–H and O–H groups in total. The molecule has 4 aromatic rings. The lowest BCUT2D eigenvalue weighted by atomic mass is 10.1. The van der Waals surface area contributed by atoms with Crippen LogP contribution < -0.4 is 20.5 Å². The van der Waals surface area contributed by atoms with Crippen molar-refractivity contribution in [1.82, 2.24) is 14.9 Å². The summed E-state index contributed by atoms with van der Waals surface area (Å²) in [6.45, 7) is 5.81. The van der Waals surface area contributed by atoms with E-state index in [1.54, 1.807) is 42.9 Å². The lowest BCUT2D eigenvalue weighted by molar-refractivity contribution is 0.122. The van der Waals surface area contributed by atoms with Gasteiger partial charge in [0.1, 0.15) is 5.75 Å². The summed E-state index contributed by atoms with van der Waals surface area (Å²) in [5.41, 5.74) is 5.05. The molecule has 2 aromatic heterocycles. The molecule has 1 unspecified atom stereocenters. The third-order valence-corrected chi connectivity index (χ3v) is 10.6. The minimum atomic E-state index is -0.0822. The largest absolute Gasteiger partial charge is 0.496 e. The molecule has 2 saturated heterocycles. The van der Waals surface area contributed by atoms with Crippen molar-refractivity contribution in [2.75, 3.05) is 56.7 Å². The van der Waals surface area contributed by atoms with Gasteiger partial charge in [0.2, 0.25) is 5.56 Å². The van der Waals surface area contributed by atoms with Crippen molar-refractivity contribution in [3.05, 3.63) is 82.9 Å². The minimum Gasteiger partial charge on any atom is -0.496 e. The molecule has 0 bridgehead atoms. The highest BCUT2D eigenvalue weighted by Crippen LogP contribution is 2.52. The standard InChI is InChI=1S/C32H33N5O3S2/c1-39-27-7-9-33-18-21(27)19-36-10-8-23(20-36)34-22-5-6-28-30(15-22)41-29-4-2-3-25(32(29)42-28)26-16-24(17-31(38)35-26)37-11-13-40-14-12-37/h2-7,9,15-18,23,34H,8,10-14,19-20H2,1H3,(H,35,38). The molecule has 1 atom stereocenters. The zero-order chi connectivity index (χ0) is 28.5. The van der Waals surface area contributed by atoms with Crippen LogP contribution >= 0.6 is 23.5 Å². The molecule has 3 aliphatic heterocycles. The van der Waals surface area contributed by atoms with Crippen molar-refractivity contribution >= 4 is 34.9 Å². The monoisotopic (exact) mass is 599 g/mol. The van der Waals surface area contributed by atoms with Crippen LogP contribution in [0.5, 0.6) is 5.75 Å². The molecule has 7 rings (SSSR count). The van der Waals surface area contributed by atoms with Gasteiger partial charge in [-0.2, -0.15) is 0 Å². The van der Waals surface area contributed by atoms with Gasteiger partial charge in [0.25, 0.3) is 0 Å². The summed E-state index contributed by atoms with van der Waals surface area (Å²) in [5, 5.41) is 3.78. The second-order valence-electron chi connectivity index (χ2n) is 10.8. The first kappa shape index (κ1) is 27.4. The number of methoxy groups -OCH3 is 1. The molecular weight excluding hydrogens is 567 g/mol. The lowest BCUT2D eigenvalue weighted by Gasteiger charge is -2.29. The fraction of sp³-hybridized carbons (Fsp3) is 0.312. The molecule has 2 aromatic carbocycles. The predicted molar refractivity (Wildman–Crippen MR) is 168 cm³/mol. The highest BCUT2D eigenvalue weighted by molar-refractivity contribution is 8.05. The van der Waals surface area contributed by atoms with Crippen LogP contribution in [0.1, 0.15) is 12.0 Å². The number of nitrogens with zero attached hydrogens (tertiary/aromatic N) is 3. The Kier molecular flexibility index (Phi) is 7.86. The number of likely N-dealkylation sites (tertiary alicyclic amines) is 1. The number of morpholine rings is 1. The number of pyridine rings is 2. The van der Waals surface area contributed by atoms with E-state index in [-0.39, 0.29) is 5.56 Å². The Labute approximate surface area is 253 Å². The topological polar surface area (TPSA) is 82.7 Å². The summed E-state index contributed by atoms with van der Waals surface area (Å²) < 4.78 is 11.0. The quantitative estimate of drug-likeness (QED) is 0.249. The predicted octanol–water partition coefficient (Wildman–Crippen LogP) is 5.58. The molecule has 0 aliphatic carbocycles. The van der Waals surface area contributed by atoms with E-state index in [0.717, 1.165) is 73.1 Å². The van der Waals surface area contributed by atoms with E-state index in [9.17, 15) is 4.79 Å². The Morgan fingerprint density at radius 3 is 2.83 bits per heavy atom. The van der Waals surface area contributed by atoms with Crippen LogP contribution in [-0.4, -0.2) is 67.4 Å². The maximum absolute atomic E-state index is 12.7. The molecule has 3 aliphatic rings. The third kappa shape index (κ3) is 5.76. The maximum Gasteiger partial charge on any atom is 0.250 e. The molecule has 216 valence electrons. The molecule has 42 heavy (non-hydrogen) atoms. The van der Waals surface area contributed by atoms with E-state index in [1.165, 1.54) is 19.6 Å². The van der Waals surface area contributed by atoms with Crippen molar-refractivity contribution in [2.24, 2.45) is 0 Å². The minimum absolute atomic E-state index is 0.0822. The van der Waals surface area contributed by atoms with Crippen LogP contribution in [-0.2, 0) is 11.3 Å². The fourth-order valence-corrected chi connectivity index (χ4v) is 8.30. The number of ether oxygens (including phenoxy) is 2. The van der Waals surface area contributed by atoms with Gasteiger partial charge in [0.05, 0.1) is 26.0 Å². The Balaban J connectivity index is 1.06. The Hall–Kier alpha value is -3.44. The van der Waals surface area contributed by atoms with Gasteiger partial charge >= 0.3 is 0 Å². The van der Waals surface area contributed by atoms with E-state index in [4.69, 9.17) is 9.47 Å². The number of aromatic amines is 1. The van der Waals surface area contributed by atoms with Gasteiger partial charge in [-0.3, -0.25) is 14.7 Å². The molecule has 8 nitrogen and oxygen atoms in total. The van der Waals surface area contributed by atoms with Crippen LogP contribution in [0, 0.1) is 0 Å². The van der Waals surface area contributed by atoms with Crippen molar-refractivity contribution in [2.45, 2.75) is 38.6 Å². The summed E-state index contributed by atoms with van der Waals surface area (Å²) in [6.07, 6.45) is 4.77. The molecule has 10 heteroatoms. The average molecular weight is 600 g/mol. The van der Waals surface area contributed by atoms with Gasteiger partial charge < -0.3 is 24.7 Å². The molecule has 2 fully saturated rings. The second kappa shape index (κ2) is 12.0. The molecule has 5 heterocycles. The Bertz CT molecular complexity index is 1660. The normalized spacial score (nSPS) is 18.4. The fourth-order valence-electron chi connectivity index (χ4n) is 5.88. The van der Waals surface area contributed by atoms with Crippen LogP contribution in [0.4, 0.5) is 11.4 Å². The summed E-state index contributed by atoms with van der Waals surface area (Å²) in [7, 11) is 1.71. The first-order valence-corrected chi connectivity index (χ1v) is 15.9. The third-order valence-electron chi connectivity index (χ3n) is 7.97. The number of hydrogen-bond acceptors (Lipinski definition) is 9. The van der Waals surface area contributed by atoms with Gasteiger partial charge in [0.15, 0.2) is 0 Å². The zero-order valence-electron chi connectivity index (χ0n) is 23.5. The summed E-state index contributed by atoms with van der Waals surface area (Å²) in [4.78, 5) is 29.6. The van der Waals surface area contributed by atoms with Gasteiger partial charge in [0, 0.05) is 99.3 Å². The van der Waals surface area contributed by atoms with E-state index in [2.05, 4.69) is 67.5 Å². The number of benzene rings is 2. The van der Waals surface area contributed by atoms with E-state index in [0.29, 0.717) is 19.3 Å². The zero-order valence-corrected chi connectivity index (χ0v) is 25.1.